The highest BCUT2D eigenvalue weighted by atomic mass is 16.3. The zero-order chi connectivity index (χ0) is 14.8. The van der Waals surface area contributed by atoms with Crippen LogP contribution in [0.15, 0.2) is 48.1 Å². The Labute approximate surface area is 117 Å². The van der Waals surface area contributed by atoms with Crippen LogP contribution in [-0.2, 0) is 4.79 Å². The SMILES string of the molecule is C=C/C(=C\C(=C(/C=C)CC)C(O)CCC)CC(C)=O. The van der Waals surface area contributed by atoms with E-state index in [9.17, 15) is 9.90 Å². The van der Waals surface area contributed by atoms with Crippen LogP contribution in [0.2, 0.25) is 0 Å². The topological polar surface area (TPSA) is 37.3 Å². The van der Waals surface area contributed by atoms with Gasteiger partial charge in [-0.1, -0.05) is 51.7 Å². The summed E-state index contributed by atoms with van der Waals surface area (Å²) in [7, 11) is 0. The number of aliphatic hydroxyl groups is 1. The molecule has 0 amide bonds. The van der Waals surface area contributed by atoms with Gasteiger partial charge < -0.3 is 5.11 Å². The molecule has 0 heterocycles. The summed E-state index contributed by atoms with van der Waals surface area (Å²) in [6, 6.07) is 0. The van der Waals surface area contributed by atoms with Crippen molar-refractivity contribution in [2.45, 2.75) is 52.6 Å². The second kappa shape index (κ2) is 9.51. The van der Waals surface area contributed by atoms with E-state index in [1.807, 2.05) is 19.9 Å². The number of carbonyl (C=O) groups is 1. The summed E-state index contributed by atoms with van der Waals surface area (Å²) < 4.78 is 0. The predicted molar refractivity (Wildman–Crippen MR) is 82.0 cm³/mol. The van der Waals surface area contributed by atoms with Gasteiger partial charge in [-0.25, -0.2) is 0 Å². The number of hydrogen-bond acceptors (Lipinski definition) is 2. The third-order valence-corrected chi connectivity index (χ3v) is 2.98. The molecule has 19 heavy (non-hydrogen) atoms. The van der Waals surface area contributed by atoms with E-state index in [0.29, 0.717) is 12.8 Å². The van der Waals surface area contributed by atoms with Crippen molar-refractivity contribution in [1.29, 1.82) is 0 Å². The Hall–Kier alpha value is -1.41. The maximum absolute atomic E-state index is 11.2. The summed E-state index contributed by atoms with van der Waals surface area (Å²) in [5.74, 6) is 0.0899. The van der Waals surface area contributed by atoms with Gasteiger partial charge in [-0.15, -0.1) is 0 Å². The quantitative estimate of drug-likeness (QED) is 0.634. The van der Waals surface area contributed by atoms with Gasteiger partial charge >= 0.3 is 0 Å². The predicted octanol–water partition coefficient (Wildman–Crippen LogP) is 4.13. The van der Waals surface area contributed by atoms with E-state index < -0.39 is 6.10 Å². The summed E-state index contributed by atoms with van der Waals surface area (Å²) in [5.41, 5.74) is 2.71. The van der Waals surface area contributed by atoms with Crippen LogP contribution < -0.4 is 0 Å². The van der Waals surface area contributed by atoms with Crippen molar-refractivity contribution in [3.05, 3.63) is 48.1 Å². The van der Waals surface area contributed by atoms with Crippen molar-refractivity contribution in [2.75, 3.05) is 0 Å². The molecule has 2 heteroatoms. The molecule has 0 aromatic carbocycles. The zero-order valence-corrected chi connectivity index (χ0v) is 12.4. The van der Waals surface area contributed by atoms with Gasteiger partial charge in [-0.2, -0.15) is 0 Å². The highest BCUT2D eigenvalue weighted by Crippen LogP contribution is 2.21. The average molecular weight is 262 g/mol. The fourth-order valence-electron chi connectivity index (χ4n) is 1.97. The van der Waals surface area contributed by atoms with Crippen LogP contribution in [0.4, 0.5) is 0 Å². The molecule has 1 unspecified atom stereocenters. The second-order valence-electron chi connectivity index (χ2n) is 4.64. The van der Waals surface area contributed by atoms with E-state index in [2.05, 4.69) is 13.2 Å². The van der Waals surface area contributed by atoms with Crippen LogP contribution in [0.5, 0.6) is 0 Å². The van der Waals surface area contributed by atoms with Crippen molar-refractivity contribution in [2.24, 2.45) is 0 Å². The Balaban J connectivity index is 5.52. The van der Waals surface area contributed by atoms with Gasteiger partial charge in [0.15, 0.2) is 0 Å². The number of carbonyl (C=O) groups excluding carboxylic acids is 1. The molecule has 0 saturated carbocycles. The van der Waals surface area contributed by atoms with E-state index in [-0.39, 0.29) is 5.78 Å². The summed E-state index contributed by atoms with van der Waals surface area (Å²) in [6.07, 6.45) is 7.59. The van der Waals surface area contributed by atoms with E-state index >= 15 is 0 Å². The standard InChI is InChI=1S/C17H26O2/c1-6-10-17(19)16(15(8-3)9-4)12-14(7-2)11-13(5)18/h7-8,12,17,19H,2-3,6,9-11H2,1,4-5H3/b14-12+,16-15-. The minimum atomic E-state index is -0.514. The first-order valence-electron chi connectivity index (χ1n) is 6.86. The molecule has 0 rings (SSSR count). The molecule has 0 spiro atoms. The molecule has 0 fully saturated rings. The maximum atomic E-state index is 11.2. The fraction of sp³-hybridized carbons (Fsp3) is 0.471. The first-order chi connectivity index (χ1) is 8.99. The first-order valence-corrected chi connectivity index (χ1v) is 6.86. The van der Waals surface area contributed by atoms with Gasteiger partial charge in [0, 0.05) is 6.42 Å². The Morgan fingerprint density at radius 1 is 1.26 bits per heavy atom. The van der Waals surface area contributed by atoms with Gasteiger partial charge in [-0.05, 0) is 36.5 Å². The van der Waals surface area contributed by atoms with Crippen molar-refractivity contribution >= 4 is 5.78 Å². The van der Waals surface area contributed by atoms with Crippen LogP contribution in [-0.4, -0.2) is 17.0 Å². The summed E-state index contributed by atoms with van der Waals surface area (Å²) in [4.78, 5) is 11.2. The average Bonchev–Trinajstić information content (AvgIpc) is 2.37. The van der Waals surface area contributed by atoms with E-state index in [1.54, 1.807) is 19.1 Å². The van der Waals surface area contributed by atoms with Gasteiger partial charge in [0.05, 0.1) is 6.10 Å². The lowest BCUT2D eigenvalue weighted by molar-refractivity contribution is -0.116. The molecule has 1 atom stereocenters. The van der Waals surface area contributed by atoms with Gasteiger partial charge in [0.2, 0.25) is 0 Å². The third-order valence-electron chi connectivity index (χ3n) is 2.98. The molecule has 0 bridgehead atoms. The van der Waals surface area contributed by atoms with Crippen LogP contribution >= 0.6 is 0 Å². The Kier molecular flexibility index (Phi) is 8.81. The van der Waals surface area contributed by atoms with Gasteiger partial charge in [0.1, 0.15) is 5.78 Å². The smallest absolute Gasteiger partial charge is 0.134 e. The molecule has 0 aromatic heterocycles. The highest BCUT2D eigenvalue weighted by molar-refractivity contribution is 5.79. The van der Waals surface area contributed by atoms with Crippen molar-refractivity contribution in [1.82, 2.24) is 0 Å². The lowest BCUT2D eigenvalue weighted by Crippen LogP contribution is -2.11. The third kappa shape index (κ3) is 6.35. The number of Topliss-reactive ketones (excluding diaryl/α,β-unsaturated/α-hetero) is 1. The van der Waals surface area contributed by atoms with Crippen molar-refractivity contribution in [3.8, 4) is 0 Å². The molecule has 0 aliphatic heterocycles. The number of rotatable bonds is 9. The van der Waals surface area contributed by atoms with Crippen LogP contribution in [0.3, 0.4) is 0 Å². The summed E-state index contributed by atoms with van der Waals surface area (Å²) in [6.45, 7) is 13.1. The molecular weight excluding hydrogens is 236 g/mol. The lowest BCUT2D eigenvalue weighted by atomic mass is 9.94. The van der Waals surface area contributed by atoms with Crippen LogP contribution in [0, 0.1) is 0 Å². The van der Waals surface area contributed by atoms with E-state index in [4.69, 9.17) is 0 Å². The lowest BCUT2D eigenvalue weighted by Gasteiger charge is -2.16. The first kappa shape index (κ1) is 17.6. The molecule has 0 aliphatic carbocycles. The summed E-state index contributed by atoms with van der Waals surface area (Å²) >= 11 is 0. The van der Waals surface area contributed by atoms with Crippen LogP contribution in [0.25, 0.3) is 0 Å². The molecule has 0 saturated heterocycles. The molecule has 2 nitrogen and oxygen atoms in total. The minimum absolute atomic E-state index is 0.0899. The zero-order valence-electron chi connectivity index (χ0n) is 12.4. The molecule has 0 aliphatic rings. The summed E-state index contributed by atoms with van der Waals surface area (Å²) in [5, 5.41) is 10.3. The number of allylic oxidation sites excluding steroid dienone is 4. The van der Waals surface area contributed by atoms with Crippen LogP contribution in [0.1, 0.15) is 46.5 Å². The van der Waals surface area contributed by atoms with Crippen molar-refractivity contribution < 1.29 is 9.90 Å². The molecule has 0 radical (unpaired) electrons. The monoisotopic (exact) mass is 262 g/mol. The van der Waals surface area contributed by atoms with Crippen molar-refractivity contribution in [3.63, 3.8) is 0 Å². The Bertz CT molecular complexity index is 386. The van der Waals surface area contributed by atoms with Gasteiger partial charge in [-0.3, -0.25) is 4.79 Å². The maximum Gasteiger partial charge on any atom is 0.134 e. The van der Waals surface area contributed by atoms with E-state index in [1.165, 1.54) is 0 Å². The Morgan fingerprint density at radius 3 is 2.26 bits per heavy atom. The number of aliphatic hydroxyl groups excluding tert-OH is 1. The number of hydrogen-bond donors (Lipinski definition) is 1. The largest absolute Gasteiger partial charge is 0.388 e. The second-order valence-corrected chi connectivity index (χ2v) is 4.64. The molecule has 0 aromatic rings. The van der Waals surface area contributed by atoms with Gasteiger partial charge in [0.25, 0.3) is 0 Å². The number of ketones is 1. The highest BCUT2D eigenvalue weighted by Gasteiger charge is 2.12. The fourth-order valence-corrected chi connectivity index (χ4v) is 1.97. The Morgan fingerprint density at radius 2 is 1.89 bits per heavy atom. The minimum Gasteiger partial charge on any atom is -0.388 e. The molecule has 106 valence electrons. The molecule has 1 N–H and O–H groups in total. The normalized spacial score (nSPS) is 14.6. The van der Waals surface area contributed by atoms with E-state index in [0.717, 1.165) is 29.6 Å². The molecular formula is C17H26O2.